The number of aromatic amines is 1. The molecule has 306 valence electrons. The van der Waals surface area contributed by atoms with E-state index in [2.05, 4.69) is 45.8 Å². The summed E-state index contributed by atoms with van der Waals surface area (Å²) in [5.74, 6) is -2.10. The van der Waals surface area contributed by atoms with Crippen LogP contribution in [0.1, 0.15) is 83.5 Å². The Labute approximate surface area is 333 Å². The number of H-pyrrole nitrogens is 1. The molecular formula is C40H37F5N10O4. The van der Waals surface area contributed by atoms with E-state index in [0.29, 0.717) is 29.8 Å². The summed E-state index contributed by atoms with van der Waals surface area (Å²) in [6, 6.07) is 10.7. The van der Waals surface area contributed by atoms with Crippen molar-refractivity contribution < 1.29 is 40.9 Å². The Morgan fingerprint density at radius 1 is 1.02 bits per heavy atom. The summed E-state index contributed by atoms with van der Waals surface area (Å²) < 4.78 is 76.7. The minimum atomic E-state index is -4.48. The molecule has 19 heteroatoms. The number of nitrogens with one attached hydrogen (secondary N) is 3. The number of carbonyl (C=O) groups is 3. The maximum atomic E-state index is 15.5. The first-order valence-corrected chi connectivity index (χ1v) is 19.2. The fourth-order valence-corrected chi connectivity index (χ4v) is 8.76. The van der Waals surface area contributed by atoms with Crippen molar-refractivity contribution in [1.82, 2.24) is 45.8 Å². The molecule has 2 saturated heterocycles. The lowest BCUT2D eigenvalue weighted by atomic mass is 9.56. The van der Waals surface area contributed by atoms with E-state index in [4.69, 9.17) is 4.52 Å². The standard InChI is InChI=1S/C40H37F5N10O4/c1-21-26(16-46-34(48-21)29-13-31(59-53-29)35(57)47-17-32-49-36(52-51-32)39(8-2-9-39)40(43,44)45)25-5-3-22(11-27(25)41)18-54-19-38(20-54)14-24(15-38)23-4-6-30(28(42)12-23)55-10-7-33(56)50-37(55)58/h3-6,11-13,16,24H,2,7-10,14-15,17-20H2,1H3,(H,47,57)(H,49,51,52)(H,50,56,58). The molecule has 1 spiro atoms. The number of imide groups is 1. The predicted molar refractivity (Wildman–Crippen MR) is 198 cm³/mol. The van der Waals surface area contributed by atoms with Gasteiger partial charge < -0.3 is 9.84 Å². The summed E-state index contributed by atoms with van der Waals surface area (Å²) in [5, 5.41) is 14.9. The van der Waals surface area contributed by atoms with Gasteiger partial charge in [0.25, 0.3) is 5.91 Å². The van der Waals surface area contributed by atoms with Gasteiger partial charge in [-0.1, -0.05) is 29.8 Å². The smallest absolute Gasteiger partial charge is 0.350 e. The Balaban J connectivity index is 0.768. The van der Waals surface area contributed by atoms with E-state index in [0.717, 1.165) is 37.1 Å². The lowest BCUT2D eigenvalue weighted by Crippen LogP contribution is -2.61. The average molecular weight is 817 g/mol. The zero-order valence-corrected chi connectivity index (χ0v) is 31.6. The summed E-state index contributed by atoms with van der Waals surface area (Å²) in [6.07, 6.45) is -0.810. The number of benzene rings is 2. The van der Waals surface area contributed by atoms with Crippen molar-refractivity contribution in [2.24, 2.45) is 5.41 Å². The van der Waals surface area contributed by atoms with Gasteiger partial charge in [0, 0.05) is 61.7 Å². The highest BCUT2D eigenvalue weighted by Crippen LogP contribution is 2.57. The van der Waals surface area contributed by atoms with Crippen molar-refractivity contribution in [3.05, 3.63) is 94.5 Å². The molecule has 14 nitrogen and oxygen atoms in total. The number of amides is 4. The van der Waals surface area contributed by atoms with Crippen LogP contribution in [0.3, 0.4) is 0 Å². The van der Waals surface area contributed by atoms with Crippen LogP contribution in [-0.4, -0.2) is 78.9 Å². The van der Waals surface area contributed by atoms with Crippen LogP contribution in [-0.2, 0) is 23.3 Å². The maximum absolute atomic E-state index is 15.5. The molecule has 4 fully saturated rings. The van der Waals surface area contributed by atoms with Gasteiger partial charge in [-0.25, -0.2) is 28.5 Å². The van der Waals surface area contributed by atoms with Gasteiger partial charge in [0.1, 0.15) is 22.9 Å². The molecule has 0 unspecified atom stereocenters. The van der Waals surface area contributed by atoms with Crippen LogP contribution in [0.15, 0.2) is 53.2 Å². The quantitative estimate of drug-likeness (QED) is 0.137. The number of hydrogen-bond acceptors (Lipinski definition) is 10. The van der Waals surface area contributed by atoms with E-state index < -0.39 is 35.2 Å². The molecule has 9 rings (SSSR count). The van der Waals surface area contributed by atoms with Crippen LogP contribution in [0.25, 0.3) is 22.6 Å². The lowest BCUT2D eigenvalue weighted by Gasteiger charge is -2.59. The largest absolute Gasteiger partial charge is 0.401 e. The van der Waals surface area contributed by atoms with Gasteiger partial charge in [0.2, 0.25) is 11.7 Å². The summed E-state index contributed by atoms with van der Waals surface area (Å²) >= 11 is 0. The molecule has 4 amide bonds. The third kappa shape index (κ3) is 6.99. The number of aromatic nitrogens is 6. The zero-order valence-electron chi connectivity index (χ0n) is 31.6. The monoisotopic (exact) mass is 816 g/mol. The predicted octanol–water partition coefficient (Wildman–Crippen LogP) is 6.24. The Hall–Kier alpha value is -6.11. The third-order valence-electron chi connectivity index (χ3n) is 12.1. The molecule has 3 N–H and O–H groups in total. The van der Waals surface area contributed by atoms with Gasteiger partial charge in [-0.05, 0) is 73.3 Å². The van der Waals surface area contributed by atoms with Crippen LogP contribution in [0.5, 0.6) is 0 Å². The Morgan fingerprint density at radius 3 is 2.49 bits per heavy atom. The second kappa shape index (κ2) is 14.3. The fourth-order valence-electron chi connectivity index (χ4n) is 8.76. The highest BCUT2D eigenvalue weighted by atomic mass is 19.4. The number of hydrogen-bond donors (Lipinski definition) is 3. The molecule has 5 heterocycles. The van der Waals surface area contributed by atoms with E-state index in [1.807, 2.05) is 12.1 Å². The number of halogens is 5. The van der Waals surface area contributed by atoms with Crippen LogP contribution >= 0.6 is 0 Å². The second-order valence-corrected chi connectivity index (χ2v) is 16.0. The van der Waals surface area contributed by atoms with Gasteiger partial charge in [-0.3, -0.25) is 29.8 Å². The number of carbonyl (C=O) groups excluding carboxylic acids is 3. The van der Waals surface area contributed by atoms with Gasteiger partial charge in [0.15, 0.2) is 17.3 Å². The first-order chi connectivity index (χ1) is 28.2. The molecule has 2 saturated carbocycles. The maximum Gasteiger partial charge on any atom is 0.401 e. The van der Waals surface area contributed by atoms with Crippen molar-refractivity contribution in [3.63, 3.8) is 0 Å². The second-order valence-electron chi connectivity index (χ2n) is 16.0. The highest BCUT2D eigenvalue weighted by Gasteiger charge is 2.62. The van der Waals surface area contributed by atoms with E-state index in [1.165, 1.54) is 29.3 Å². The fraction of sp³-hybridized carbons (Fsp3) is 0.400. The third-order valence-corrected chi connectivity index (χ3v) is 12.1. The Morgan fingerprint density at radius 2 is 1.81 bits per heavy atom. The van der Waals surface area contributed by atoms with Crippen LogP contribution in [0, 0.1) is 24.0 Å². The number of rotatable bonds is 10. The molecular weight excluding hydrogens is 779 g/mol. The van der Waals surface area contributed by atoms with Crippen molar-refractivity contribution >= 4 is 23.5 Å². The molecule has 2 aliphatic carbocycles. The summed E-state index contributed by atoms with van der Waals surface area (Å²) in [6.45, 7) is 3.88. The molecule has 4 aliphatic rings. The molecule has 3 aromatic heterocycles. The minimum absolute atomic E-state index is 0.0588. The van der Waals surface area contributed by atoms with Crippen molar-refractivity contribution in [2.45, 2.75) is 76.0 Å². The first-order valence-electron chi connectivity index (χ1n) is 19.2. The van der Waals surface area contributed by atoms with Gasteiger partial charge in [-0.2, -0.15) is 18.3 Å². The van der Waals surface area contributed by atoms with Crippen LogP contribution in [0.4, 0.5) is 32.4 Å². The highest BCUT2D eigenvalue weighted by molar-refractivity contribution is 6.05. The molecule has 0 atom stereocenters. The molecule has 5 aromatic rings. The SMILES string of the molecule is Cc1nc(-c2cc(C(=O)NCc3nc(C4(C(F)(F)F)CCC4)n[nH]3)on2)ncc1-c1ccc(CN2CC3(CC(c4ccc(N5CCC(=O)NC5=O)c(F)c4)C3)C2)cc1F. The average Bonchev–Trinajstić information content (AvgIpc) is 3.82. The Kier molecular flexibility index (Phi) is 9.32. The van der Waals surface area contributed by atoms with Gasteiger partial charge in [0.05, 0.1) is 12.2 Å². The Bertz CT molecular complexity index is 2480. The number of anilines is 1. The number of aryl methyl sites for hydroxylation is 1. The molecule has 0 bridgehead atoms. The number of alkyl halides is 3. The van der Waals surface area contributed by atoms with Crippen molar-refractivity contribution in [2.75, 3.05) is 24.5 Å². The van der Waals surface area contributed by atoms with Gasteiger partial charge >= 0.3 is 12.2 Å². The molecule has 2 aromatic carbocycles. The first kappa shape index (κ1) is 38.4. The van der Waals surface area contributed by atoms with Crippen molar-refractivity contribution in [3.8, 4) is 22.6 Å². The lowest BCUT2D eigenvalue weighted by molar-refractivity contribution is -0.215. The number of urea groups is 1. The minimum Gasteiger partial charge on any atom is -0.350 e. The zero-order chi connectivity index (χ0) is 41.3. The summed E-state index contributed by atoms with van der Waals surface area (Å²) in [7, 11) is 0. The summed E-state index contributed by atoms with van der Waals surface area (Å²) in [5.41, 5.74) is 1.34. The molecule has 59 heavy (non-hydrogen) atoms. The van der Waals surface area contributed by atoms with Crippen molar-refractivity contribution in [1.29, 1.82) is 0 Å². The summed E-state index contributed by atoms with van der Waals surface area (Å²) in [4.78, 5) is 52.7. The van der Waals surface area contributed by atoms with Crippen LogP contribution in [0.2, 0.25) is 0 Å². The van der Waals surface area contributed by atoms with E-state index in [-0.39, 0.29) is 84.2 Å². The van der Waals surface area contributed by atoms with E-state index in [1.54, 1.807) is 19.1 Å². The number of likely N-dealkylation sites (tertiary alicyclic amines) is 1. The normalized spacial score (nSPS) is 18.9. The number of nitrogens with zero attached hydrogens (tertiary/aromatic N) is 7. The van der Waals surface area contributed by atoms with Crippen LogP contribution < -0.4 is 15.5 Å². The van der Waals surface area contributed by atoms with E-state index >= 15 is 8.78 Å². The van der Waals surface area contributed by atoms with Gasteiger partial charge in [-0.15, -0.1) is 0 Å². The molecule has 0 radical (unpaired) electrons. The van der Waals surface area contributed by atoms with E-state index in [9.17, 15) is 27.6 Å². The topological polar surface area (TPSA) is 175 Å². The molecule has 2 aliphatic heterocycles.